The van der Waals surface area contributed by atoms with Crippen LogP contribution in [0.3, 0.4) is 0 Å². The van der Waals surface area contributed by atoms with E-state index in [4.69, 9.17) is 5.73 Å². The lowest BCUT2D eigenvalue weighted by Crippen LogP contribution is -2.16. The van der Waals surface area contributed by atoms with Gasteiger partial charge >= 0.3 is 0 Å². The molecule has 0 amide bonds. The molecule has 0 atom stereocenters. The Hall–Kier alpha value is -5.23. The Bertz CT molecular complexity index is 1990. The first kappa shape index (κ1) is 27.3. The van der Waals surface area contributed by atoms with Gasteiger partial charge in [-0.3, -0.25) is 14.5 Å². The summed E-state index contributed by atoms with van der Waals surface area (Å²) in [7, 11) is -4.45. The predicted molar refractivity (Wildman–Crippen MR) is 151 cm³/mol. The number of allylic oxidation sites excluding steroid dienone is 1. The molecule has 4 N–H and O–H groups in total. The van der Waals surface area contributed by atoms with Crippen molar-refractivity contribution in [2.75, 3.05) is 10.5 Å². The largest absolute Gasteiger partial charge is 0.397 e. The van der Waals surface area contributed by atoms with Crippen LogP contribution in [0.25, 0.3) is 22.2 Å². The number of H-pyrrole nitrogens is 1. The number of aromatic amines is 1. The van der Waals surface area contributed by atoms with Crippen LogP contribution in [0.4, 0.5) is 30.2 Å². The van der Waals surface area contributed by atoms with Crippen molar-refractivity contribution in [2.24, 2.45) is 4.99 Å². The van der Waals surface area contributed by atoms with E-state index in [1.54, 1.807) is 24.3 Å². The Morgan fingerprint density at radius 3 is 2.59 bits per heavy atom. The molecular weight excluding hydrogens is 555 g/mol. The highest BCUT2D eigenvalue weighted by molar-refractivity contribution is 7.92. The number of carbonyl (C=O) groups is 1. The van der Waals surface area contributed by atoms with Gasteiger partial charge in [0, 0.05) is 35.1 Å². The molecule has 0 saturated carbocycles. The summed E-state index contributed by atoms with van der Waals surface area (Å²) >= 11 is 0. The summed E-state index contributed by atoms with van der Waals surface area (Å²) in [4.78, 5) is 24.2. The van der Waals surface area contributed by atoms with Crippen LogP contribution in [0.5, 0.6) is 0 Å². The number of nitrogens with zero attached hydrogens (tertiary/aromatic N) is 2. The van der Waals surface area contributed by atoms with E-state index >= 15 is 4.39 Å². The van der Waals surface area contributed by atoms with Crippen LogP contribution < -0.4 is 10.5 Å². The molecule has 0 bridgehead atoms. The number of fused-ring (bicyclic) bond motifs is 1. The number of nitrogens with two attached hydrogens (primary N) is 1. The van der Waals surface area contributed by atoms with Gasteiger partial charge < -0.3 is 10.7 Å². The minimum Gasteiger partial charge on any atom is -0.397 e. The molecule has 41 heavy (non-hydrogen) atoms. The van der Waals surface area contributed by atoms with Gasteiger partial charge in [0.1, 0.15) is 17.3 Å². The van der Waals surface area contributed by atoms with Crippen LogP contribution in [0, 0.1) is 17.5 Å². The SMILES string of the molecule is C=C/C=N\c1ccc(-c2cnc3[nH]cc(C(=O)c4c(F)ccc(NS(=O)(=O)c5cccc(F)c5)c4F)c3c2)cc1N. The van der Waals surface area contributed by atoms with Gasteiger partial charge in [-0.2, -0.15) is 0 Å². The van der Waals surface area contributed by atoms with Crippen LogP contribution >= 0.6 is 0 Å². The normalized spacial score (nSPS) is 11.7. The average Bonchev–Trinajstić information content (AvgIpc) is 3.37. The molecule has 2 aromatic heterocycles. The fourth-order valence-corrected chi connectivity index (χ4v) is 5.24. The van der Waals surface area contributed by atoms with E-state index in [-0.39, 0.29) is 16.6 Å². The Morgan fingerprint density at radius 1 is 1.05 bits per heavy atom. The summed E-state index contributed by atoms with van der Waals surface area (Å²) in [5, 5.41) is 0.268. The van der Waals surface area contributed by atoms with Crippen LogP contribution in [0.2, 0.25) is 0 Å². The van der Waals surface area contributed by atoms with Crippen molar-refractivity contribution in [1.82, 2.24) is 9.97 Å². The fraction of sp³-hybridized carbons (Fsp3) is 0. The smallest absolute Gasteiger partial charge is 0.262 e. The van der Waals surface area contributed by atoms with Crippen LogP contribution in [0.15, 0.2) is 95.6 Å². The summed E-state index contributed by atoms with van der Waals surface area (Å²) in [5.74, 6) is -4.51. The molecule has 12 heteroatoms. The second kappa shape index (κ2) is 10.7. The Labute approximate surface area is 232 Å². The molecule has 3 aromatic carbocycles. The standard InChI is InChI=1S/C29H20F3N5O3S/c1-2-10-34-24-8-6-16(12-23(24)33)17-11-20-21(15-36-29(20)35-14-17)28(38)26-22(31)7-9-25(27(26)32)37-41(39,40)19-5-3-4-18(30)13-19/h2-15,37H,1,33H2,(H,35,36)/b34-10-. The molecule has 5 aromatic rings. The third kappa shape index (κ3) is 5.32. The van der Waals surface area contributed by atoms with Gasteiger partial charge in [0.05, 0.1) is 27.5 Å². The lowest BCUT2D eigenvalue weighted by molar-refractivity contribution is 0.103. The zero-order valence-corrected chi connectivity index (χ0v) is 21.8. The molecule has 5 rings (SSSR count). The molecule has 8 nitrogen and oxygen atoms in total. The quantitative estimate of drug-likeness (QED) is 0.116. The van der Waals surface area contributed by atoms with E-state index in [9.17, 15) is 22.0 Å². The number of hydrogen-bond donors (Lipinski definition) is 3. The minimum atomic E-state index is -4.45. The minimum absolute atomic E-state index is 0.0996. The van der Waals surface area contributed by atoms with Gasteiger partial charge in [0.25, 0.3) is 10.0 Å². The van der Waals surface area contributed by atoms with Crippen molar-refractivity contribution in [3.05, 3.63) is 114 Å². The van der Waals surface area contributed by atoms with Gasteiger partial charge in [-0.15, -0.1) is 0 Å². The first-order valence-corrected chi connectivity index (χ1v) is 13.4. The second-order valence-electron chi connectivity index (χ2n) is 8.79. The Balaban J connectivity index is 1.53. The highest BCUT2D eigenvalue weighted by atomic mass is 32.2. The lowest BCUT2D eigenvalue weighted by atomic mass is 9.99. The zero-order valence-electron chi connectivity index (χ0n) is 21.0. The first-order valence-electron chi connectivity index (χ1n) is 11.9. The summed E-state index contributed by atoms with van der Waals surface area (Å²) in [6.07, 6.45) is 5.80. The summed E-state index contributed by atoms with van der Waals surface area (Å²) < 4.78 is 71.2. The number of carbonyl (C=O) groups excluding carboxylic acids is 1. The molecule has 0 saturated heterocycles. The number of nitrogens with one attached hydrogen (secondary N) is 2. The molecular formula is C29H20F3N5O3S. The van der Waals surface area contributed by atoms with Crippen LogP contribution in [0.1, 0.15) is 15.9 Å². The van der Waals surface area contributed by atoms with Crippen molar-refractivity contribution < 1.29 is 26.4 Å². The number of anilines is 2. The van der Waals surface area contributed by atoms with E-state index in [1.807, 2.05) is 4.72 Å². The molecule has 0 fully saturated rings. The Kier molecular flexibility index (Phi) is 7.16. The Morgan fingerprint density at radius 2 is 1.85 bits per heavy atom. The number of nitrogen functional groups attached to an aromatic ring is 1. The molecule has 0 aliphatic rings. The number of hydrogen-bond acceptors (Lipinski definition) is 6. The van der Waals surface area contributed by atoms with Crippen molar-refractivity contribution in [1.29, 1.82) is 0 Å². The van der Waals surface area contributed by atoms with E-state index in [0.29, 0.717) is 22.5 Å². The zero-order chi connectivity index (χ0) is 29.3. The topological polar surface area (TPSA) is 130 Å². The van der Waals surface area contributed by atoms with Gasteiger partial charge in [-0.1, -0.05) is 24.8 Å². The van der Waals surface area contributed by atoms with Crippen molar-refractivity contribution in [3.8, 4) is 11.1 Å². The maximum Gasteiger partial charge on any atom is 0.262 e. The monoisotopic (exact) mass is 575 g/mol. The maximum atomic E-state index is 15.5. The number of rotatable bonds is 8. The van der Waals surface area contributed by atoms with E-state index < -0.39 is 49.4 Å². The highest BCUT2D eigenvalue weighted by Crippen LogP contribution is 2.32. The molecule has 0 aliphatic carbocycles. The van der Waals surface area contributed by atoms with Gasteiger partial charge in [-0.25, -0.2) is 26.6 Å². The van der Waals surface area contributed by atoms with E-state index in [0.717, 1.165) is 30.3 Å². The number of halogens is 3. The fourth-order valence-electron chi connectivity index (χ4n) is 4.15. The number of pyridine rings is 1. The molecule has 206 valence electrons. The van der Waals surface area contributed by atoms with E-state index in [1.165, 1.54) is 30.8 Å². The van der Waals surface area contributed by atoms with Crippen LogP contribution in [-0.2, 0) is 10.0 Å². The van der Waals surface area contributed by atoms with E-state index in [2.05, 4.69) is 21.5 Å². The predicted octanol–water partition coefficient (Wildman–Crippen LogP) is 6.15. The third-order valence-electron chi connectivity index (χ3n) is 6.12. The van der Waals surface area contributed by atoms with Crippen molar-refractivity contribution in [2.45, 2.75) is 4.90 Å². The van der Waals surface area contributed by atoms with Crippen LogP contribution in [-0.4, -0.2) is 30.4 Å². The number of aromatic nitrogens is 2. The number of sulfonamides is 1. The third-order valence-corrected chi connectivity index (χ3v) is 7.49. The number of ketones is 1. The summed E-state index contributed by atoms with van der Waals surface area (Å²) in [5.41, 5.74) is 6.74. The number of aliphatic imine (C=N–C) groups is 1. The summed E-state index contributed by atoms with van der Waals surface area (Å²) in [6, 6.07) is 12.4. The second-order valence-corrected chi connectivity index (χ2v) is 10.5. The molecule has 0 aliphatic heterocycles. The van der Waals surface area contributed by atoms with Gasteiger partial charge in [0.2, 0.25) is 5.78 Å². The molecule has 2 heterocycles. The lowest BCUT2D eigenvalue weighted by Gasteiger charge is -2.12. The first-order chi connectivity index (χ1) is 19.6. The van der Waals surface area contributed by atoms with Crippen molar-refractivity contribution in [3.63, 3.8) is 0 Å². The molecule has 0 radical (unpaired) electrons. The average molecular weight is 576 g/mol. The van der Waals surface area contributed by atoms with Crippen molar-refractivity contribution >= 4 is 50.1 Å². The maximum absolute atomic E-state index is 15.5. The molecule has 0 spiro atoms. The summed E-state index contributed by atoms with van der Waals surface area (Å²) in [6.45, 7) is 3.57. The highest BCUT2D eigenvalue weighted by Gasteiger charge is 2.26. The van der Waals surface area contributed by atoms with Gasteiger partial charge in [0.15, 0.2) is 5.82 Å². The number of benzene rings is 3. The molecule has 0 unspecified atom stereocenters. The van der Waals surface area contributed by atoms with Gasteiger partial charge in [-0.05, 0) is 54.1 Å².